The second-order valence-electron chi connectivity index (χ2n) is 6.89. The van der Waals surface area contributed by atoms with Crippen LogP contribution in [0.3, 0.4) is 0 Å². The molecule has 0 radical (unpaired) electrons. The minimum absolute atomic E-state index is 0.146. The first kappa shape index (κ1) is 21.4. The van der Waals surface area contributed by atoms with Gasteiger partial charge in [0.1, 0.15) is 12.4 Å². The van der Waals surface area contributed by atoms with Crippen molar-refractivity contribution in [2.45, 2.75) is 26.9 Å². The summed E-state index contributed by atoms with van der Waals surface area (Å²) < 4.78 is 7.41. The second-order valence-corrected chi connectivity index (χ2v) is 7.33. The number of amides is 2. The Labute approximate surface area is 180 Å². The Morgan fingerprint density at radius 3 is 2.30 bits per heavy atom. The number of benzene rings is 2. The Morgan fingerprint density at radius 1 is 1.03 bits per heavy atom. The molecule has 0 aliphatic heterocycles. The van der Waals surface area contributed by atoms with Crippen LogP contribution in [0.1, 0.15) is 32.9 Å². The summed E-state index contributed by atoms with van der Waals surface area (Å²) in [6.07, 6.45) is 0.146. The van der Waals surface area contributed by atoms with E-state index in [1.165, 1.54) is 0 Å². The summed E-state index contributed by atoms with van der Waals surface area (Å²) in [4.78, 5) is 24.4. The molecule has 0 saturated heterocycles. The van der Waals surface area contributed by atoms with Gasteiger partial charge in [0.15, 0.2) is 0 Å². The highest BCUT2D eigenvalue weighted by Crippen LogP contribution is 2.17. The van der Waals surface area contributed by atoms with Crippen molar-refractivity contribution in [1.29, 1.82) is 0 Å². The van der Waals surface area contributed by atoms with Crippen LogP contribution in [0.2, 0.25) is 5.02 Å². The molecule has 0 fully saturated rings. The quantitative estimate of drug-likeness (QED) is 0.592. The van der Waals surface area contributed by atoms with Crippen LogP contribution < -0.4 is 15.6 Å². The largest absolute Gasteiger partial charge is 0.489 e. The molecule has 0 bridgehead atoms. The van der Waals surface area contributed by atoms with Crippen molar-refractivity contribution in [3.8, 4) is 5.75 Å². The number of carbonyl (C=O) groups excluding carboxylic acids is 2. The van der Waals surface area contributed by atoms with Crippen LogP contribution in [0.25, 0.3) is 0 Å². The highest BCUT2D eigenvalue weighted by atomic mass is 35.5. The molecule has 7 nitrogen and oxygen atoms in total. The van der Waals surface area contributed by atoms with Gasteiger partial charge in [-0.15, -0.1) is 0 Å². The molecule has 0 aliphatic carbocycles. The first-order valence-electron chi connectivity index (χ1n) is 9.39. The Hall–Kier alpha value is -3.32. The molecule has 0 atom stereocenters. The molecule has 1 aromatic heterocycles. The maximum Gasteiger partial charge on any atom is 0.269 e. The van der Waals surface area contributed by atoms with E-state index < -0.39 is 5.91 Å². The zero-order valence-corrected chi connectivity index (χ0v) is 17.8. The molecular weight excluding hydrogens is 404 g/mol. The molecule has 2 amide bonds. The molecule has 1 heterocycles. The van der Waals surface area contributed by atoms with Crippen molar-refractivity contribution in [2.24, 2.45) is 7.05 Å². The predicted octanol–water partition coefficient (Wildman–Crippen LogP) is 3.27. The number of rotatable bonds is 6. The number of aromatic nitrogens is 2. The van der Waals surface area contributed by atoms with Crippen molar-refractivity contribution in [3.05, 3.63) is 81.6 Å². The predicted molar refractivity (Wildman–Crippen MR) is 114 cm³/mol. The van der Waals surface area contributed by atoms with E-state index in [0.717, 1.165) is 22.5 Å². The van der Waals surface area contributed by atoms with E-state index in [1.807, 2.05) is 20.9 Å². The van der Waals surface area contributed by atoms with Gasteiger partial charge in [0.25, 0.3) is 5.91 Å². The zero-order valence-electron chi connectivity index (χ0n) is 17.0. The fourth-order valence-electron chi connectivity index (χ4n) is 2.93. The van der Waals surface area contributed by atoms with Crippen molar-refractivity contribution >= 4 is 23.4 Å². The molecule has 156 valence electrons. The van der Waals surface area contributed by atoms with E-state index in [9.17, 15) is 9.59 Å². The molecule has 0 saturated carbocycles. The van der Waals surface area contributed by atoms with Crippen molar-refractivity contribution < 1.29 is 14.3 Å². The standard InChI is InChI=1S/C22H23ClN4O3/c1-14-20(15(2)27(3)26-14)12-21(28)24-25-22(29)17-6-4-16(5-7-17)13-30-19-10-8-18(23)9-11-19/h4-11H,12-13H2,1-3H3,(H,24,28)(H,25,29). The number of ether oxygens (including phenoxy) is 1. The number of nitrogens with zero attached hydrogens (tertiary/aromatic N) is 2. The first-order chi connectivity index (χ1) is 14.3. The van der Waals surface area contributed by atoms with Crippen LogP contribution in [0.4, 0.5) is 0 Å². The van der Waals surface area contributed by atoms with Crippen molar-refractivity contribution in [2.75, 3.05) is 0 Å². The third kappa shape index (κ3) is 5.39. The van der Waals surface area contributed by atoms with Crippen LogP contribution in [-0.2, 0) is 24.9 Å². The topological polar surface area (TPSA) is 85.3 Å². The summed E-state index contributed by atoms with van der Waals surface area (Å²) in [6.45, 7) is 4.12. The molecule has 3 rings (SSSR count). The number of halogens is 1. The maximum atomic E-state index is 12.3. The van der Waals surface area contributed by atoms with Gasteiger partial charge >= 0.3 is 0 Å². The number of hydrazine groups is 1. The van der Waals surface area contributed by atoms with Gasteiger partial charge in [-0.2, -0.15) is 5.10 Å². The maximum absolute atomic E-state index is 12.3. The Morgan fingerprint density at radius 2 is 1.70 bits per heavy atom. The molecule has 0 spiro atoms. The average Bonchev–Trinajstić information content (AvgIpc) is 2.98. The van der Waals surface area contributed by atoms with E-state index >= 15 is 0 Å². The highest BCUT2D eigenvalue weighted by molar-refractivity contribution is 6.30. The Kier molecular flexibility index (Phi) is 6.74. The SMILES string of the molecule is Cc1nn(C)c(C)c1CC(=O)NNC(=O)c1ccc(COc2ccc(Cl)cc2)cc1. The number of hydrogen-bond donors (Lipinski definition) is 2. The molecule has 30 heavy (non-hydrogen) atoms. The van der Waals surface area contributed by atoms with E-state index in [4.69, 9.17) is 16.3 Å². The smallest absolute Gasteiger partial charge is 0.269 e. The summed E-state index contributed by atoms with van der Waals surface area (Å²) in [7, 11) is 1.83. The molecule has 2 aromatic carbocycles. The summed E-state index contributed by atoms with van der Waals surface area (Å²) in [5.41, 5.74) is 8.80. The third-order valence-corrected chi connectivity index (χ3v) is 5.00. The van der Waals surface area contributed by atoms with Gasteiger partial charge in [0.05, 0.1) is 12.1 Å². The minimum atomic E-state index is -0.395. The minimum Gasteiger partial charge on any atom is -0.489 e. The van der Waals surface area contributed by atoms with Gasteiger partial charge < -0.3 is 4.74 Å². The first-order valence-corrected chi connectivity index (χ1v) is 9.77. The lowest BCUT2D eigenvalue weighted by atomic mass is 10.1. The summed E-state index contributed by atoms with van der Waals surface area (Å²) in [5, 5.41) is 4.93. The lowest BCUT2D eigenvalue weighted by Gasteiger charge is -2.09. The summed E-state index contributed by atoms with van der Waals surface area (Å²) in [5.74, 6) is 0.00621. The van der Waals surface area contributed by atoms with Crippen LogP contribution in [0.15, 0.2) is 48.5 Å². The van der Waals surface area contributed by atoms with Gasteiger partial charge in [0, 0.05) is 28.9 Å². The van der Waals surface area contributed by atoms with Gasteiger partial charge in [-0.05, 0) is 55.8 Å². The molecule has 3 aromatic rings. The number of hydrogen-bond acceptors (Lipinski definition) is 4. The third-order valence-electron chi connectivity index (χ3n) is 4.75. The van der Waals surface area contributed by atoms with Gasteiger partial charge in [0.2, 0.25) is 5.91 Å². The van der Waals surface area contributed by atoms with Crippen LogP contribution in [0, 0.1) is 13.8 Å². The van der Waals surface area contributed by atoms with Crippen LogP contribution in [0.5, 0.6) is 5.75 Å². The highest BCUT2D eigenvalue weighted by Gasteiger charge is 2.14. The van der Waals surface area contributed by atoms with Gasteiger partial charge in [-0.1, -0.05) is 23.7 Å². The Balaban J connectivity index is 1.49. The fourth-order valence-corrected chi connectivity index (χ4v) is 3.05. The summed E-state index contributed by atoms with van der Waals surface area (Å²) in [6, 6.07) is 14.1. The monoisotopic (exact) mass is 426 g/mol. The van der Waals surface area contributed by atoms with Gasteiger partial charge in [-0.25, -0.2) is 0 Å². The van der Waals surface area contributed by atoms with Crippen LogP contribution >= 0.6 is 11.6 Å². The van der Waals surface area contributed by atoms with Crippen molar-refractivity contribution in [3.63, 3.8) is 0 Å². The fraction of sp³-hybridized carbons (Fsp3) is 0.227. The lowest BCUT2D eigenvalue weighted by molar-refractivity contribution is -0.121. The van der Waals surface area contributed by atoms with E-state index in [-0.39, 0.29) is 12.3 Å². The molecule has 2 N–H and O–H groups in total. The second kappa shape index (κ2) is 9.45. The molecule has 8 heteroatoms. The van der Waals surface area contributed by atoms with Gasteiger partial charge in [-0.3, -0.25) is 25.1 Å². The van der Waals surface area contributed by atoms with E-state index in [1.54, 1.807) is 53.2 Å². The number of nitrogens with one attached hydrogen (secondary N) is 2. The number of carbonyl (C=O) groups is 2. The Bertz CT molecular complexity index is 1040. The van der Waals surface area contributed by atoms with Crippen molar-refractivity contribution in [1.82, 2.24) is 20.6 Å². The molecule has 0 aliphatic rings. The zero-order chi connectivity index (χ0) is 21.7. The number of aryl methyl sites for hydroxylation is 2. The van der Waals surface area contributed by atoms with E-state index in [0.29, 0.717) is 22.9 Å². The lowest BCUT2D eigenvalue weighted by Crippen LogP contribution is -2.42. The summed E-state index contributed by atoms with van der Waals surface area (Å²) >= 11 is 5.85. The van der Waals surface area contributed by atoms with E-state index in [2.05, 4.69) is 16.0 Å². The molecular formula is C22H23ClN4O3. The molecule has 0 unspecified atom stereocenters. The average molecular weight is 427 g/mol. The normalized spacial score (nSPS) is 10.5. The van der Waals surface area contributed by atoms with Crippen LogP contribution in [-0.4, -0.2) is 21.6 Å².